The lowest BCUT2D eigenvalue weighted by Gasteiger charge is -2.45. The molecule has 3 amide bonds. The van der Waals surface area contributed by atoms with Gasteiger partial charge in [-0.1, -0.05) is 87.7 Å². The van der Waals surface area contributed by atoms with Crippen LogP contribution in [0.2, 0.25) is 10.0 Å². The van der Waals surface area contributed by atoms with Crippen molar-refractivity contribution in [2.24, 2.45) is 11.8 Å². The van der Waals surface area contributed by atoms with Gasteiger partial charge in [-0.3, -0.25) is 19.2 Å². The van der Waals surface area contributed by atoms with E-state index in [9.17, 15) is 24.0 Å². The monoisotopic (exact) mass is 778 g/mol. The molecule has 1 fully saturated rings. The molecule has 2 atom stereocenters. The van der Waals surface area contributed by atoms with Crippen LogP contribution in [0.15, 0.2) is 120 Å². The van der Waals surface area contributed by atoms with E-state index in [4.69, 9.17) is 27.9 Å². The van der Waals surface area contributed by atoms with E-state index in [1.807, 2.05) is 48.5 Å². The van der Waals surface area contributed by atoms with E-state index < -0.39 is 59.7 Å². The van der Waals surface area contributed by atoms with Crippen LogP contribution < -0.4 is 4.74 Å². The zero-order chi connectivity index (χ0) is 35.6. The molecule has 8 nitrogen and oxygen atoms in total. The molecule has 1 saturated heterocycles. The van der Waals surface area contributed by atoms with Crippen LogP contribution in [0.4, 0.5) is 0 Å². The number of halogens is 3. The number of benzene rings is 5. The number of amides is 3. The Morgan fingerprint density at radius 3 is 1.71 bits per heavy atom. The van der Waals surface area contributed by atoms with Crippen molar-refractivity contribution in [3.63, 3.8) is 0 Å². The highest BCUT2D eigenvalue weighted by Crippen LogP contribution is 2.61. The standard InChI is InChI=1S/C40H25BrCl2N2O6/c41-23-13-9-22(10-14-23)40(50)51-25-16-11-21(12-17-25)32(46)20-44(37(47)30-18-15-24(42)19-31(30)43)45-38(48)35-33-26-5-1-2-6-27(26)34(36(35)39(45)49)29-8-4-3-7-28(29)33/h1-19,33-36H,20H2/t33?,34?,35-,36+. The van der Waals surface area contributed by atoms with Crippen molar-refractivity contribution in [1.82, 2.24) is 10.0 Å². The van der Waals surface area contributed by atoms with Crippen LogP contribution in [-0.4, -0.2) is 46.0 Å². The van der Waals surface area contributed by atoms with E-state index in [1.54, 1.807) is 24.3 Å². The van der Waals surface area contributed by atoms with Gasteiger partial charge < -0.3 is 4.74 Å². The van der Waals surface area contributed by atoms with Crippen LogP contribution in [0.1, 0.15) is 65.2 Å². The molecule has 0 saturated carbocycles. The van der Waals surface area contributed by atoms with E-state index in [-0.39, 0.29) is 26.9 Å². The minimum absolute atomic E-state index is 0.00159. The first kappa shape index (κ1) is 33.1. The molecule has 9 rings (SSSR count). The third kappa shape index (κ3) is 5.56. The Bertz CT molecular complexity index is 2180. The summed E-state index contributed by atoms with van der Waals surface area (Å²) < 4.78 is 6.28. The summed E-state index contributed by atoms with van der Waals surface area (Å²) in [6.07, 6.45) is 0. The van der Waals surface area contributed by atoms with Gasteiger partial charge in [-0.05, 0) is 89.0 Å². The number of nitrogens with zero attached hydrogens (tertiary/aromatic N) is 2. The Labute approximate surface area is 310 Å². The smallest absolute Gasteiger partial charge is 0.343 e. The molecule has 0 radical (unpaired) electrons. The fourth-order valence-corrected chi connectivity index (χ4v) is 8.38. The predicted molar refractivity (Wildman–Crippen MR) is 193 cm³/mol. The molecule has 1 heterocycles. The SMILES string of the molecule is O=C(CN(C(=O)c1ccc(Cl)cc1Cl)N1C(=O)[C@@H]2C3c4ccccc4C(c4ccccc43)[C@@H]2C1=O)c1ccc(OC(=O)c2ccc(Br)cc2)cc1. The van der Waals surface area contributed by atoms with Crippen molar-refractivity contribution in [1.29, 1.82) is 0 Å². The van der Waals surface area contributed by atoms with Crippen LogP contribution in [0, 0.1) is 11.8 Å². The van der Waals surface area contributed by atoms with Crippen molar-refractivity contribution in [3.05, 3.63) is 169 Å². The lowest BCUT2D eigenvalue weighted by molar-refractivity contribution is -0.154. The highest BCUT2D eigenvalue weighted by atomic mass is 79.9. The number of carbonyl (C=O) groups is 5. The minimum atomic E-state index is -0.812. The molecular formula is C40H25BrCl2N2O6. The van der Waals surface area contributed by atoms with Gasteiger partial charge in [0.05, 0.1) is 28.0 Å². The Hall–Kier alpha value is -5.09. The van der Waals surface area contributed by atoms with Gasteiger partial charge in [0.15, 0.2) is 5.78 Å². The normalized spacial score (nSPS) is 19.6. The van der Waals surface area contributed by atoms with Crippen LogP contribution in [0.25, 0.3) is 0 Å². The molecule has 0 unspecified atom stereocenters. The Kier molecular flexibility index (Phi) is 8.37. The van der Waals surface area contributed by atoms with Gasteiger partial charge in [-0.2, -0.15) is 5.01 Å². The van der Waals surface area contributed by atoms with Crippen LogP contribution in [0.3, 0.4) is 0 Å². The zero-order valence-corrected chi connectivity index (χ0v) is 29.6. The zero-order valence-electron chi connectivity index (χ0n) is 26.5. The first-order valence-electron chi connectivity index (χ1n) is 16.1. The fourth-order valence-electron chi connectivity index (χ4n) is 7.62. The first-order valence-corrected chi connectivity index (χ1v) is 17.6. The molecular weight excluding hydrogens is 755 g/mol. The van der Waals surface area contributed by atoms with Crippen LogP contribution in [0.5, 0.6) is 5.75 Å². The van der Waals surface area contributed by atoms with Gasteiger partial charge in [-0.15, -0.1) is 0 Å². The minimum Gasteiger partial charge on any atom is -0.423 e. The van der Waals surface area contributed by atoms with E-state index in [0.717, 1.165) is 36.7 Å². The maximum Gasteiger partial charge on any atom is 0.343 e. The third-order valence-electron chi connectivity index (χ3n) is 9.82. The van der Waals surface area contributed by atoms with Crippen molar-refractivity contribution < 1.29 is 28.7 Å². The highest BCUT2D eigenvalue weighted by Gasteiger charge is 2.63. The van der Waals surface area contributed by atoms with Crippen LogP contribution >= 0.6 is 39.1 Å². The number of ether oxygens (including phenoxy) is 1. The second-order valence-electron chi connectivity index (χ2n) is 12.6. The number of Topliss-reactive ketones (excluding diaryl/α,β-unsaturated/α-hetero) is 1. The number of imide groups is 1. The molecule has 3 aliphatic carbocycles. The maximum absolute atomic E-state index is 14.6. The summed E-state index contributed by atoms with van der Waals surface area (Å²) in [5.74, 6) is -5.27. The van der Waals surface area contributed by atoms with Crippen molar-refractivity contribution in [2.45, 2.75) is 11.8 Å². The second-order valence-corrected chi connectivity index (χ2v) is 14.3. The van der Waals surface area contributed by atoms with Crippen LogP contribution in [-0.2, 0) is 9.59 Å². The summed E-state index contributed by atoms with van der Waals surface area (Å²) in [5, 5.41) is 2.04. The van der Waals surface area contributed by atoms with Gasteiger partial charge >= 0.3 is 5.97 Å². The number of hydrazine groups is 1. The summed E-state index contributed by atoms with van der Waals surface area (Å²) in [5.41, 5.74) is 4.36. The number of hydrogen-bond acceptors (Lipinski definition) is 6. The highest BCUT2D eigenvalue weighted by molar-refractivity contribution is 9.10. The maximum atomic E-state index is 14.6. The molecule has 51 heavy (non-hydrogen) atoms. The van der Waals surface area contributed by atoms with Crippen molar-refractivity contribution in [3.8, 4) is 5.75 Å². The summed E-state index contributed by atoms with van der Waals surface area (Å²) >= 11 is 15.9. The Balaban J connectivity index is 1.13. The largest absolute Gasteiger partial charge is 0.423 e. The van der Waals surface area contributed by atoms with Gasteiger partial charge in [0, 0.05) is 26.9 Å². The molecule has 0 spiro atoms. The Morgan fingerprint density at radius 2 is 1.20 bits per heavy atom. The van der Waals surface area contributed by atoms with E-state index >= 15 is 0 Å². The summed E-state index contributed by atoms with van der Waals surface area (Å²) in [6, 6.07) is 32.3. The summed E-state index contributed by atoms with van der Waals surface area (Å²) in [4.78, 5) is 70.0. The van der Waals surface area contributed by atoms with Crippen molar-refractivity contribution >= 4 is 68.6 Å². The lowest BCUT2D eigenvalue weighted by atomic mass is 9.55. The fraction of sp³-hybridized carbons (Fsp3) is 0.125. The van der Waals surface area contributed by atoms with Gasteiger partial charge in [0.25, 0.3) is 17.7 Å². The average molecular weight is 780 g/mol. The van der Waals surface area contributed by atoms with Gasteiger partial charge in [0.1, 0.15) is 12.3 Å². The summed E-state index contributed by atoms with van der Waals surface area (Å²) in [6.45, 7) is -0.651. The number of ketones is 1. The number of carbonyl (C=O) groups excluding carboxylic acids is 5. The first-order chi connectivity index (χ1) is 24.6. The van der Waals surface area contributed by atoms with Crippen molar-refractivity contribution in [2.75, 3.05) is 6.54 Å². The molecule has 5 aromatic carbocycles. The molecule has 5 aromatic rings. The molecule has 0 N–H and O–H groups in total. The molecule has 2 bridgehead atoms. The van der Waals surface area contributed by atoms with Gasteiger partial charge in [-0.25, -0.2) is 9.80 Å². The van der Waals surface area contributed by atoms with E-state index in [1.165, 1.54) is 42.5 Å². The van der Waals surface area contributed by atoms with E-state index in [0.29, 0.717) is 5.56 Å². The molecule has 1 aliphatic heterocycles. The quantitative estimate of drug-likeness (QED) is 0.0717. The molecule has 252 valence electrons. The third-order valence-corrected chi connectivity index (χ3v) is 10.9. The number of hydrogen-bond donors (Lipinski definition) is 0. The van der Waals surface area contributed by atoms with E-state index in [2.05, 4.69) is 15.9 Å². The molecule has 11 heteroatoms. The lowest BCUT2D eigenvalue weighted by Crippen LogP contribution is -2.52. The molecule has 0 aromatic heterocycles. The predicted octanol–water partition coefficient (Wildman–Crippen LogP) is 8.11. The Morgan fingerprint density at radius 1 is 0.686 bits per heavy atom. The molecule has 4 aliphatic rings. The topological polar surface area (TPSA) is 101 Å². The summed E-state index contributed by atoms with van der Waals surface area (Å²) in [7, 11) is 0. The average Bonchev–Trinajstić information content (AvgIpc) is 3.40. The van der Waals surface area contributed by atoms with Gasteiger partial charge in [0.2, 0.25) is 0 Å². The second kappa shape index (κ2) is 12.9. The number of esters is 1. The number of rotatable bonds is 7.